The highest BCUT2D eigenvalue weighted by atomic mass is 79.9. The molecule has 0 saturated carbocycles. The monoisotopic (exact) mass is 479 g/mol. The number of benzene rings is 2. The van der Waals surface area contributed by atoms with Crippen LogP contribution in [0.2, 0.25) is 0 Å². The van der Waals surface area contributed by atoms with Crippen LogP contribution in [-0.4, -0.2) is 22.2 Å². The van der Waals surface area contributed by atoms with Gasteiger partial charge < -0.3 is 4.42 Å². The van der Waals surface area contributed by atoms with Crippen LogP contribution in [0.4, 0.5) is 0 Å². The molecule has 0 aliphatic carbocycles. The van der Waals surface area contributed by atoms with E-state index in [1.165, 1.54) is 11.8 Å². The number of carbonyl (C=O) groups is 1. The van der Waals surface area contributed by atoms with Crippen molar-refractivity contribution in [2.75, 3.05) is 0 Å². The lowest BCUT2D eigenvalue weighted by atomic mass is 10.1. The molecule has 1 amide bonds. The number of amides is 1. The molecule has 0 spiro atoms. The fraction of sp³-hybridized carbons (Fsp3) is 0.0870. The molecule has 0 radical (unpaired) electrons. The topological polar surface area (TPSA) is 58.2 Å². The van der Waals surface area contributed by atoms with Crippen molar-refractivity contribution in [3.8, 4) is 0 Å². The molecule has 5 nitrogen and oxygen atoms in total. The molecular formula is C23H18BrN3O2S. The molecule has 4 rings (SSSR count). The van der Waals surface area contributed by atoms with Gasteiger partial charge in [-0.25, -0.2) is 0 Å². The first-order valence-corrected chi connectivity index (χ1v) is 10.9. The van der Waals surface area contributed by atoms with E-state index in [2.05, 4.69) is 26.1 Å². The maximum Gasteiger partial charge on any atom is 0.267 e. The standard InChI is InChI=1S/C23H18BrN3O2S/c1-16-5-2-3-6-18(16)13-21-22(28)27(15-20-7-4-12-29-20)23(30-21)26-25-14-17-8-10-19(24)11-9-17/h2-14H,15H2,1H3/b21-13-,25-14-,26-23+. The number of halogens is 1. The van der Waals surface area contributed by atoms with Gasteiger partial charge in [-0.1, -0.05) is 52.3 Å². The van der Waals surface area contributed by atoms with E-state index in [9.17, 15) is 4.79 Å². The van der Waals surface area contributed by atoms with Gasteiger partial charge in [-0.05, 0) is 65.7 Å². The molecule has 1 aromatic heterocycles. The zero-order valence-electron chi connectivity index (χ0n) is 16.2. The van der Waals surface area contributed by atoms with E-state index in [1.54, 1.807) is 23.4 Å². The summed E-state index contributed by atoms with van der Waals surface area (Å²) in [6, 6.07) is 19.3. The van der Waals surface area contributed by atoms with Gasteiger partial charge in [-0.2, -0.15) is 5.10 Å². The summed E-state index contributed by atoms with van der Waals surface area (Å²) in [6.07, 6.45) is 5.16. The van der Waals surface area contributed by atoms with Crippen LogP contribution in [0.15, 0.2) is 90.9 Å². The molecule has 2 heterocycles. The summed E-state index contributed by atoms with van der Waals surface area (Å²) < 4.78 is 6.43. The normalized spacial score (nSPS) is 17.0. The summed E-state index contributed by atoms with van der Waals surface area (Å²) in [4.78, 5) is 15.3. The second kappa shape index (κ2) is 9.28. The zero-order valence-corrected chi connectivity index (χ0v) is 18.6. The number of amidine groups is 1. The SMILES string of the molecule is Cc1ccccc1/C=C1\S/C(=N/N=C\c2ccc(Br)cc2)N(Cc2ccco2)C1=O. The molecule has 2 aromatic carbocycles. The van der Waals surface area contributed by atoms with Gasteiger partial charge in [0.2, 0.25) is 0 Å². The number of hydrogen-bond acceptors (Lipinski definition) is 5. The van der Waals surface area contributed by atoms with Crippen LogP contribution in [0, 0.1) is 6.92 Å². The molecule has 3 aromatic rings. The van der Waals surface area contributed by atoms with Crippen molar-refractivity contribution >= 4 is 51.1 Å². The molecule has 7 heteroatoms. The Balaban J connectivity index is 1.63. The number of thioether (sulfide) groups is 1. The number of rotatable bonds is 5. The van der Waals surface area contributed by atoms with Crippen molar-refractivity contribution in [1.29, 1.82) is 0 Å². The lowest BCUT2D eigenvalue weighted by molar-refractivity contribution is -0.122. The van der Waals surface area contributed by atoms with E-state index < -0.39 is 0 Å². The summed E-state index contributed by atoms with van der Waals surface area (Å²) in [6.45, 7) is 2.32. The number of carbonyl (C=O) groups excluding carboxylic acids is 1. The summed E-state index contributed by atoms with van der Waals surface area (Å²) in [5, 5.41) is 9.05. The Morgan fingerprint density at radius 1 is 1.10 bits per heavy atom. The Kier molecular flexibility index (Phi) is 6.30. The van der Waals surface area contributed by atoms with Crippen molar-refractivity contribution < 1.29 is 9.21 Å². The predicted octanol–water partition coefficient (Wildman–Crippen LogP) is 5.86. The van der Waals surface area contributed by atoms with Crippen molar-refractivity contribution in [1.82, 2.24) is 4.90 Å². The van der Waals surface area contributed by atoms with Crippen LogP contribution in [-0.2, 0) is 11.3 Å². The van der Waals surface area contributed by atoms with Crippen molar-refractivity contribution in [3.05, 3.63) is 98.8 Å². The van der Waals surface area contributed by atoms with Gasteiger partial charge in [0.05, 0.1) is 23.9 Å². The Morgan fingerprint density at radius 3 is 2.63 bits per heavy atom. The first-order valence-electron chi connectivity index (χ1n) is 9.26. The van der Waals surface area contributed by atoms with Gasteiger partial charge in [0.1, 0.15) is 5.76 Å². The molecule has 30 heavy (non-hydrogen) atoms. The third kappa shape index (κ3) is 4.80. The number of hydrogen-bond donors (Lipinski definition) is 0. The molecule has 1 aliphatic rings. The first-order chi connectivity index (χ1) is 14.6. The molecule has 150 valence electrons. The maximum atomic E-state index is 13.1. The molecule has 1 aliphatic heterocycles. The van der Waals surface area contributed by atoms with Gasteiger partial charge in [0.25, 0.3) is 5.91 Å². The predicted molar refractivity (Wildman–Crippen MR) is 125 cm³/mol. The van der Waals surface area contributed by atoms with E-state index in [-0.39, 0.29) is 5.91 Å². The minimum atomic E-state index is -0.114. The van der Waals surface area contributed by atoms with Gasteiger partial charge in [-0.15, -0.1) is 5.10 Å². The molecule has 1 saturated heterocycles. The summed E-state index contributed by atoms with van der Waals surface area (Å²) >= 11 is 4.73. The molecule has 0 bridgehead atoms. The largest absolute Gasteiger partial charge is 0.467 e. The van der Waals surface area contributed by atoms with Crippen LogP contribution in [0.5, 0.6) is 0 Å². The van der Waals surface area contributed by atoms with E-state index in [0.717, 1.165) is 21.2 Å². The fourth-order valence-electron chi connectivity index (χ4n) is 2.86. The third-order valence-electron chi connectivity index (χ3n) is 4.48. The molecule has 0 atom stereocenters. The molecule has 0 unspecified atom stereocenters. The van der Waals surface area contributed by atoms with E-state index >= 15 is 0 Å². The third-order valence-corrected chi connectivity index (χ3v) is 6.00. The second-order valence-electron chi connectivity index (χ2n) is 6.62. The van der Waals surface area contributed by atoms with Crippen LogP contribution < -0.4 is 0 Å². The van der Waals surface area contributed by atoms with Crippen molar-refractivity contribution in [2.24, 2.45) is 10.2 Å². The van der Waals surface area contributed by atoms with Gasteiger partial charge in [0, 0.05) is 4.47 Å². The maximum absolute atomic E-state index is 13.1. The summed E-state index contributed by atoms with van der Waals surface area (Å²) in [7, 11) is 0. The van der Waals surface area contributed by atoms with Gasteiger partial charge in [0.15, 0.2) is 5.17 Å². The average Bonchev–Trinajstić information content (AvgIpc) is 3.35. The lowest BCUT2D eigenvalue weighted by Crippen LogP contribution is -2.28. The van der Waals surface area contributed by atoms with Crippen LogP contribution in [0.3, 0.4) is 0 Å². The second-order valence-corrected chi connectivity index (χ2v) is 8.54. The quantitative estimate of drug-likeness (QED) is 0.261. The number of nitrogens with zero attached hydrogens (tertiary/aromatic N) is 3. The van der Waals surface area contributed by atoms with E-state index in [1.807, 2.05) is 67.6 Å². The smallest absolute Gasteiger partial charge is 0.267 e. The Morgan fingerprint density at radius 2 is 1.90 bits per heavy atom. The molecule has 0 N–H and O–H groups in total. The molecular weight excluding hydrogens is 462 g/mol. The highest BCUT2D eigenvalue weighted by Gasteiger charge is 2.34. The highest BCUT2D eigenvalue weighted by Crippen LogP contribution is 2.34. The van der Waals surface area contributed by atoms with E-state index in [4.69, 9.17) is 4.42 Å². The van der Waals surface area contributed by atoms with E-state index in [0.29, 0.717) is 22.4 Å². The van der Waals surface area contributed by atoms with Gasteiger partial charge >= 0.3 is 0 Å². The van der Waals surface area contributed by atoms with Crippen LogP contribution in [0.25, 0.3) is 6.08 Å². The Labute approximate surface area is 187 Å². The zero-order chi connectivity index (χ0) is 20.9. The summed E-state index contributed by atoms with van der Waals surface area (Å²) in [5.41, 5.74) is 3.03. The average molecular weight is 480 g/mol. The van der Waals surface area contributed by atoms with Gasteiger partial charge in [-0.3, -0.25) is 9.69 Å². The lowest BCUT2D eigenvalue weighted by Gasteiger charge is -2.12. The first kappa shape index (κ1) is 20.4. The Hall–Kier alpha value is -2.90. The van der Waals surface area contributed by atoms with Crippen molar-refractivity contribution in [2.45, 2.75) is 13.5 Å². The number of furan rings is 1. The van der Waals surface area contributed by atoms with Crippen LogP contribution in [0.1, 0.15) is 22.5 Å². The highest BCUT2D eigenvalue weighted by molar-refractivity contribution is 9.10. The van der Waals surface area contributed by atoms with Crippen LogP contribution >= 0.6 is 27.7 Å². The number of aryl methyl sites for hydroxylation is 1. The molecule has 1 fully saturated rings. The minimum absolute atomic E-state index is 0.114. The minimum Gasteiger partial charge on any atom is -0.467 e. The summed E-state index contributed by atoms with van der Waals surface area (Å²) in [5.74, 6) is 0.572. The Bertz CT molecular complexity index is 1140. The fourth-order valence-corrected chi connectivity index (χ4v) is 4.05. The van der Waals surface area contributed by atoms with Crippen molar-refractivity contribution in [3.63, 3.8) is 0 Å².